The Morgan fingerprint density at radius 3 is 2.48 bits per heavy atom. The van der Waals surface area contributed by atoms with Crippen molar-refractivity contribution in [3.8, 4) is 0 Å². The molecule has 2 aromatic carbocycles. The van der Waals surface area contributed by atoms with Crippen molar-refractivity contribution < 1.29 is 4.79 Å². The van der Waals surface area contributed by atoms with Crippen LogP contribution < -0.4 is 10.6 Å². The van der Waals surface area contributed by atoms with Crippen molar-refractivity contribution in [2.75, 3.05) is 17.2 Å². The number of benzene rings is 2. The number of pyridine rings is 1. The summed E-state index contributed by atoms with van der Waals surface area (Å²) in [6, 6.07) is 15.8. The number of carbonyl (C=O) groups excluding carboxylic acids is 1. The Labute approximate surface area is 135 Å². The van der Waals surface area contributed by atoms with Gasteiger partial charge in [0.15, 0.2) is 0 Å². The van der Waals surface area contributed by atoms with E-state index < -0.39 is 0 Å². The molecule has 3 aromatic rings. The lowest BCUT2D eigenvalue weighted by Gasteiger charge is -2.13. The van der Waals surface area contributed by atoms with Crippen LogP contribution in [-0.2, 0) is 4.79 Å². The summed E-state index contributed by atoms with van der Waals surface area (Å²) >= 11 is 0. The van der Waals surface area contributed by atoms with Gasteiger partial charge < -0.3 is 10.6 Å². The number of aryl methyl sites for hydroxylation is 2. The Hall–Kier alpha value is -2.88. The fourth-order valence-electron chi connectivity index (χ4n) is 2.62. The predicted octanol–water partition coefficient (Wildman–Crippen LogP) is 3.90. The first-order valence-corrected chi connectivity index (χ1v) is 7.59. The SMILES string of the molecule is Cc1cccc(C)c1NC(=O)CNc1cccc2cccnc12. The molecule has 4 nitrogen and oxygen atoms in total. The Balaban J connectivity index is 1.71. The van der Waals surface area contributed by atoms with Crippen LogP contribution in [0.4, 0.5) is 11.4 Å². The van der Waals surface area contributed by atoms with Gasteiger partial charge in [-0.2, -0.15) is 0 Å². The molecule has 0 aliphatic heterocycles. The normalized spacial score (nSPS) is 10.5. The highest BCUT2D eigenvalue weighted by atomic mass is 16.1. The van der Waals surface area contributed by atoms with Gasteiger partial charge in [0.05, 0.1) is 17.7 Å². The van der Waals surface area contributed by atoms with Gasteiger partial charge in [0.25, 0.3) is 0 Å². The molecule has 3 rings (SSSR count). The number of carbonyl (C=O) groups is 1. The molecule has 0 spiro atoms. The molecule has 0 aliphatic carbocycles. The van der Waals surface area contributed by atoms with E-state index in [1.165, 1.54) is 0 Å². The molecule has 0 fully saturated rings. The van der Waals surface area contributed by atoms with Gasteiger partial charge in [-0.1, -0.05) is 36.4 Å². The molecular formula is C19H19N3O. The standard InChI is InChI=1S/C19H19N3O/c1-13-6-3-7-14(2)18(13)22-17(23)12-21-16-10-4-8-15-9-5-11-20-19(15)16/h3-11,21H,12H2,1-2H3,(H,22,23). The molecule has 0 unspecified atom stereocenters. The van der Waals surface area contributed by atoms with Gasteiger partial charge in [0.2, 0.25) is 5.91 Å². The van der Waals surface area contributed by atoms with Crippen molar-refractivity contribution in [2.24, 2.45) is 0 Å². The van der Waals surface area contributed by atoms with E-state index in [-0.39, 0.29) is 12.5 Å². The van der Waals surface area contributed by atoms with Crippen LogP contribution in [0.15, 0.2) is 54.7 Å². The third-order valence-corrected chi connectivity index (χ3v) is 3.82. The van der Waals surface area contributed by atoms with Crippen molar-refractivity contribution in [2.45, 2.75) is 13.8 Å². The molecule has 23 heavy (non-hydrogen) atoms. The minimum absolute atomic E-state index is 0.0738. The van der Waals surface area contributed by atoms with Gasteiger partial charge in [0, 0.05) is 17.3 Å². The van der Waals surface area contributed by atoms with Crippen LogP contribution in [0.3, 0.4) is 0 Å². The topological polar surface area (TPSA) is 54.0 Å². The molecule has 0 aliphatic rings. The van der Waals surface area contributed by atoms with Crippen LogP contribution >= 0.6 is 0 Å². The van der Waals surface area contributed by atoms with E-state index >= 15 is 0 Å². The molecule has 2 N–H and O–H groups in total. The smallest absolute Gasteiger partial charge is 0.243 e. The molecule has 1 aromatic heterocycles. The highest BCUT2D eigenvalue weighted by Crippen LogP contribution is 2.21. The first-order valence-electron chi connectivity index (χ1n) is 7.59. The van der Waals surface area contributed by atoms with Gasteiger partial charge >= 0.3 is 0 Å². The number of nitrogens with one attached hydrogen (secondary N) is 2. The average molecular weight is 305 g/mol. The van der Waals surface area contributed by atoms with Crippen molar-refractivity contribution in [1.29, 1.82) is 0 Å². The first-order chi connectivity index (χ1) is 11.1. The lowest BCUT2D eigenvalue weighted by molar-refractivity contribution is -0.114. The maximum absolute atomic E-state index is 12.2. The molecule has 116 valence electrons. The third kappa shape index (κ3) is 3.31. The Morgan fingerprint density at radius 2 is 1.70 bits per heavy atom. The van der Waals surface area contributed by atoms with E-state index in [1.807, 2.05) is 62.4 Å². The summed E-state index contributed by atoms with van der Waals surface area (Å²) in [4.78, 5) is 16.6. The van der Waals surface area contributed by atoms with E-state index in [4.69, 9.17) is 0 Å². The highest BCUT2D eigenvalue weighted by Gasteiger charge is 2.08. The monoisotopic (exact) mass is 305 g/mol. The van der Waals surface area contributed by atoms with Crippen LogP contribution in [0.1, 0.15) is 11.1 Å². The summed E-state index contributed by atoms with van der Waals surface area (Å²) in [5.41, 5.74) is 4.74. The minimum Gasteiger partial charge on any atom is -0.374 e. The van der Waals surface area contributed by atoms with Crippen molar-refractivity contribution in [3.63, 3.8) is 0 Å². The van der Waals surface area contributed by atoms with E-state index in [0.29, 0.717) is 0 Å². The van der Waals surface area contributed by atoms with Crippen LogP contribution in [0.2, 0.25) is 0 Å². The van der Waals surface area contributed by atoms with E-state index in [2.05, 4.69) is 15.6 Å². The summed E-state index contributed by atoms with van der Waals surface area (Å²) in [5.74, 6) is -0.0738. The molecular weight excluding hydrogens is 286 g/mol. The Kier molecular flexibility index (Phi) is 4.24. The number of amides is 1. The van der Waals surface area contributed by atoms with Crippen LogP contribution in [0.25, 0.3) is 10.9 Å². The summed E-state index contributed by atoms with van der Waals surface area (Å²) in [6.45, 7) is 4.18. The van der Waals surface area contributed by atoms with Crippen LogP contribution in [0.5, 0.6) is 0 Å². The van der Waals surface area contributed by atoms with Crippen LogP contribution in [0, 0.1) is 13.8 Å². The van der Waals surface area contributed by atoms with Crippen LogP contribution in [-0.4, -0.2) is 17.4 Å². The lowest BCUT2D eigenvalue weighted by Crippen LogP contribution is -2.22. The van der Waals surface area contributed by atoms with Crippen molar-refractivity contribution >= 4 is 28.2 Å². The van der Waals surface area contributed by atoms with Crippen molar-refractivity contribution in [3.05, 3.63) is 65.9 Å². The molecule has 4 heteroatoms. The summed E-state index contributed by atoms with van der Waals surface area (Å²) < 4.78 is 0. The van der Waals surface area contributed by atoms with Gasteiger partial charge in [0.1, 0.15) is 0 Å². The van der Waals surface area contributed by atoms with Gasteiger partial charge in [-0.3, -0.25) is 9.78 Å². The third-order valence-electron chi connectivity index (χ3n) is 3.82. The zero-order chi connectivity index (χ0) is 16.2. The molecule has 0 bridgehead atoms. The number of hydrogen-bond donors (Lipinski definition) is 2. The number of hydrogen-bond acceptors (Lipinski definition) is 3. The fourth-order valence-corrected chi connectivity index (χ4v) is 2.62. The molecule has 0 atom stereocenters. The number of rotatable bonds is 4. The Bertz CT molecular complexity index is 833. The first kappa shape index (κ1) is 15.0. The predicted molar refractivity (Wildman–Crippen MR) is 94.8 cm³/mol. The zero-order valence-electron chi connectivity index (χ0n) is 13.3. The second-order valence-corrected chi connectivity index (χ2v) is 5.55. The lowest BCUT2D eigenvalue weighted by atomic mass is 10.1. The summed E-state index contributed by atoms with van der Waals surface area (Å²) in [6.07, 6.45) is 1.75. The fraction of sp³-hybridized carbons (Fsp3) is 0.158. The maximum atomic E-state index is 12.2. The average Bonchev–Trinajstić information content (AvgIpc) is 2.56. The number of nitrogens with zero attached hydrogens (tertiary/aromatic N) is 1. The summed E-state index contributed by atoms with van der Waals surface area (Å²) in [7, 11) is 0. The number of anilines is 2. The minimum atomic E-state index is -0.0738. The highest BCUT2D eigenvalue weighted by molar-refractivity contribution is 5.97. The largest absolute Gasteiger partial charge is 0.374 e. The van der Waals surface area contributed by atoms with Gasteiger partial charge in [-0.25, -0.2) is 0 Å². The number of para-hydroxylation sites is 2. The Morgan fingerprint density at radius 1 is 1.00 bits per heavy atom. The molecule has 0 saturated heterocycles. The molecule has 1 heterocycles. The maximum Gasteiger partial charge on any atom is 0.243 e. The van der Waals surface area contributed by atoms with E-state index in [1.54, 1.807) is 6.20 Å². The van der Waals surface area contributed by atoms with E-state index in [9.17, 15) is 4.79 Å². The molecule has 0 radical (unpaired) electrons. The van der Waals surface area contributed by atoms with Crippen molar-refractivity contribution in [1.82, 2.24) is 4.98 Å². The second kappa shape index (κ2) is 6.48. The number of fused-ring (bicyclic) bond motifs is 1. The molecule has 1 amide bonds. The molecule has 0 saturated carbocycles. The second-order valence-electron chi connectivity index (χ2n) is 5.55. The zero-order valence-corrected chi connectivity index (χ0v) is 13.3. The van der Waals surface area contributed by atoms with Gasteiger partial charge in [-0.05, 0) is 37.1 Å². The number of aromatic nitrogens is 1. The van der Waals surface area contributed by atoms with E-state index in [0.717, 1.165) is 33.4 Å². The quantitative estimate of drug-likeness (QED) is 0.768. The van der Waals surface area contributed by atoms with Gasteiger partial charge in [-0.15, -0.1) is 0 Å². The summed E-state index contributed by atoms with van der Waals surface area (Å²) in [5, 5.41) is 7.20.